The second kappa shape index (κ2) is 2.06. The molecule has 0 N–H and O–H groups in total. The molecule has 0 aromatic heterocycles. The Labute approximate surface area is 62.9 Å². The number of alkyl halides is 1. The summed E-state index contributed by atoms with van der Waals surface area (Å²) in [5, 5.41) is 1.78. The van der Waals surface area contributed by atoms with Crippen LogP contribution in [-0.4, -0.2) is 5.62 Å². The topological polar surface area (TPSA) is 24.7 Å². The van der Waals surface area contributed by atoms with Gasteiger partial charge in [0.2, 0.25) is 5.62 Å². The van der Waals surface area contributed by atoms with Gasteiger partial charge in [0.05, 0.1) is 10.7 Å². The number of hydrogen-bond acceptors (Lipinski definition) is 2. The maximum atomic E-state index is 5.64. The molecule has 0 aliphatic carbocycles. The van der Waals surface area contributed by atoms with Gasteiger partial charge in [-0.25, -0.2) is 9.98 Å². The second-order valence-corrected chi connectivity index (χ2v) is 2.45. The third-order valence-electron chi connectivity index (χ3n) is 1.37. The molecule has 50 valence electrons. The van der Waals surface area contributed by atoms with Crippen molar-refractivity contribution >= 4 is 11.6 Å². The van der Waals surface area contributed by atoms with E-state index in [0.29, 0.717) is 0 Å². The lowest BCUT2D eigenvalue weighted by molar-refractivity contribution is 0.964. The van der Waals surface area contributed by atoms with E-state index in [4.69, 9.17) is 11.6 Å². The zero-order valence-electron chi connectivity index (χ0n) is 5.16. The summed E-state index contributed by atoms with van der Waals surface area (Å²) >= 11 is 5.64. The summed E-state index contributed by atoms with van der Waals surface area (Å²) in [5.41, 5.74) is -0.405. The van der Waals surface area contributed by atoms with E-state index in [1.54, 1.807) is 0 Å². The largest absolute Gasteiger partial charge is 0.241 e. The van der Waals surface area contributed by atoms with E-state index in [2.05, 4.69) is 9.98 Å². The fraction of sp³-hybridized carbons (Fsp3) is 0.143. The Kier molecular flexibility index (Phi) is 1.21. The molecule has 10 heavy (non-hydrogen) atoms. The fourth-order valence-corrected chi connectivity index (χ4v) is 1.15. The van der Waals surface area contributed by atoms with Crippen molar-refractivity contribution in [3.8, 4) is 0 Å². The third kappa shape index (κ3) is 0.809. The zero-order valence-corrected chi connectivity index (χ0v) is 5.92. The van der Waals surface area contributed by atoms with E-state index in [1.807, 2.05) is 24.3 Å². The molecule has 2 rings (SSSR count). The van der Waals surface area contributed by atoms with Gasteiger partial charge < -0.3 is 0 Å². The molecule has 0 saturated heterocycles. The quantitative estimate of drug-likeness (QED) is 0.381. The predicted molar refractivity (Wildman–Crippen MR) is 38.4 cm³/mol. The summed E-state index contributed by atoms with van der Waals surface area (Å²) < 4.78 is 0. The van der Waals surface area contributed by atoms with Crippen LogP contribution in [0, 0.1) is 0 Å². The van der Waals surface area contributed by atoms with E-state index in [1.165, 1.54) is 0 Å². The molecule has 3 heteroatoms. The van der Waals surface area contributed by atoms with Crippen molar-refractivity contribution in [2.45, 2.75) is 5.62 Å². The summed E-state index contributed by atoms with van der Waals surface area (Å²) in [6, 6.07) is 7.65. The smallest absolute Gasteiger partial charge is 0.216 e. The number of nitrogens with zero attached hydrogens (tertiary/aromatic N) is 2. The van der Waals surface area contributed by atoms with Gasteiger partial charge in [0, 0.05) is 0 Å². The van der Waals surface area contributed by atoms with Crippen LogP contribution in [0.4, 0.5) is 0 Å². The molecule has 0 unspecified atom stereocenters. The third-order valence-corrected chi connectivity index (χ3v) is 1.57. The molecule has 0 amide bonds. The van der Waals surface area contributed by atoms with Gasteiger partial charge in [-0.15, -0.1) is 0 Å². The van der Waals surface area contributed by atoms with E-state index in [9.17, 15) is 0 Å². The molecular weight excluding hydrogens is 148 g/mol. The van der Waals surface area contributed by atoms with Crippen LogP contribution in [0.1, 0.15) is 0 Å². The average molecular weight is 153 g/mol. The van der Waals surface area contributed by atoms with Crippen LogP contribution >= 0.6 is 11.6 Å². The second-order valence-electron chi connectivity index (χ2n) is 2.06. The normalized spacial score (nSPS) is 15.7. The highest BCUT2D eigenvalue weighted by molar-refractivity contribution is 6.20. The van der Waals surface area contributed by atoms with Gasteiger partial charge in [-0.2, -0.15) is 0 Å². The number of para-hydroxylation sites is 2. The first-order valence-electron chi connectivity index (χ1n) is 3.01. The molecule has 1 aromatic carbocycles. The van der Waals surface area contributed by atoms with Gasteiger partial charge in [-0.3, -0.25) is 0 Å². The van der Waals surface area contributed by atoms with E-state index < -0.39 is 5.62 Å². The van der Waals surface area contributed by atoms with Gasteiger partial charge in [0.25, 0.3) is 0 Å². The first-order chi connectivity index (χ1) is 4.86. The molecule has 0 saturated carbocycles. The van der Waals surface area contributed by atoms with Gasteiger partial charge in [0.1, 0.15) is 0 Å². The van der Waals surface area contributed by atoms with Crippen molar-refractivity contribution in [2.24, 2.45) is 9.98 Å². The van der Waals surface area contributed by atoms with E-state index >= 15 is 0 Å². The lowest BCUT2D eigenvalue weighted by atomic mass is 10.3. The molecule has 0 spiro atoms. The average Bonchev–Trinajstić information content (AvgIpc) is 2.27. The SMILES string of the molecule is ClC1N=c2ccccc2=N1. The number of hydrogen-bond donors (Lipinski definition) is 0. The molecule has 0 radical (unpaired) electrons. The number of benzene rings is 1. The number of rotatable bonds is 0. The first kappa shape index (κ1) is 5.86. The highest BCUT2D eigenvalue weighted by Gasteiger charge is 2.02. The maximum absolute atomic E-state index is 5.64. The van der Waals surface area contributed by atoms with Crippen molar-refractivity contribution in [1.82, 2.24) is 0 Å². The van der Waals surface area contributed by atoms with Crippen molar-refractivity contribution < 1.29 is 0 Å². The van der Waals surface area contributed by atoms with Crippen LogP contribution in [0.15, 0.2) is 34.3 Å². The molecule has 0 fully saturated rings. The Morgan fingerprint density at radius 3 is 2.10 bits per heavy atom. The Morgan fingerprint density at radius 2 is 1.60 bits per heavy atom. The monoisotopic (exact) mass is 152 g/mol. The maximum Gasteiger partial charge on any atom is 0.216 e. The van der Waals surface area contributed by atoms with Gasteiger partial charge >= 0.3 is 0 Å². The molecular formula is C7H5ClN2. The van der Waals surface area contributed by atoms with Crippen LogP contribution < -0.4 is 10.7 Å². The van der Waals surface area contributed by atoms with Crippen LogP contribution in [-0.2, 0) is 0 Å². The van der Waals surface area contributed by atoms with Crippen molar-refractivity contribution in [3.63, 3.8) is 0 Å². The van der Waals surface area contributed by atoms with E-state index in [0.717, 1.165) is 10.7 Å². The van der Waals surface area contributed by atoms with Crippen molar-refractivity contribution in [3.05, 3.63) is 35.0 Å². The van der Waals surface area contributed by atoms with Crippen molar-refractivity contribution in [1.29, 1.82) is 0 Å². The zero-order chi connectivity index (χ0) is 6.97. The van der Waals surface area contributed by atoms with Crippen molar-refractivity contribution in [2.75, 3.05) is 0 Å². The summed E-state index contributed by atoms with van der Waals surface area (Å²) in [6.07, 6.45) is 0. The Hall–Kier alpha value is -0.890. The highest BCUT2D eigenvalue weighted by Crippen LogP contribution is 1.98. The minimum atomic E-state index is -0.405. The van der Waals surface area contributed by atoms with Crippen LogP contribution in [0.5, 0.6) is 0 Å². The predicted octanol–water partition coefficient (Wildman–Crippen LogP) is 0.462. The lowest BCUT2D eigenvalue weighted by Crippen LogP contribution is -2.19. The lowest BCUT2D eigenvalue weighted by Gasteiger charge is -1.82. The summed E-state index contributed by atoms with van der Waals surface area (Å²) in [5.74, 6) is 0. The van der Waals surface area contributed by atoms with Gasteiger partial charge in [-0.05, 0) is 12.1 Å². The molecule has 1 aliphatic rings. The molecule has 2 nitrogen and oxygen atoms in total. The molecule has 0 bridgehead atoms. The minimum Gasteiger partial charge on any atom is -0.241 e. The number of fused-ring (bicyclic) bond motifs is 1. The Morgan fingerprint density at radius 1 is 1.10 bits per heavy atom. The first-order valence-corrected chi connectivity index (χ1v) is 3.45. The van der Waals surface area contributed by atoms with Crippen LogP contribution in [0.2, 0.25) is 0 Å². The standard InChI is InChI=1S/C7H5ClN2/c8-7-9-5-3-1-2-4-6(5)10-7/h1-4,7H. The molecule has 0 atom stereocenters. The summed E-state index contributed by atoms with van der Waals surface area (Å²) in [4.78, 5) is 8.10. The van der Waals surface area contributed by atoms with Crippen LogP contribution in [0.3, 0.4) is 0 Å². The molecule has 1 aromatic rings. The fourth-order valence-electron chi connectivity index (χ4n) is 0.941. The van der Waals surface area contributed by atoms with Gasteiger partial charge in [0.15, 0.2) is 0 Å². The summed E-state index contributed by atoms with van der Waals surface area (Å²) in [7, 11) is 0. The van der Waals surface area contributed by atoms with Gasteiger partial charge in [-0.1, -0.05) is 23.7 Å². The summed E-state index contributed by atoms with van der Waals surface area (Å²) in [6.45, 7) is 0. The Bertz CT molecular complexity index is 323. The minimum absolute atomic E-state index is 0.405. The van der Waals surface area contributed by atoms with Crippen LogP contribution in [0.25, 0.3) is 0 Å². The Balaban J connectivity index is 2.83. The number of halogens is 1. The molecule has 1 heterocycles. The van der Waals surface area contributed by atoms with E-state index in [-0.39, 0.29) is 0 Å². The highest BCUT2D eigenvalue weighted by atomic mass is 35.5. The molecule has 1 aliphatic heterocycles.